The fourth-order valence-electron chi connectivity index (χ4n) is 1.48. The van der Waals surface area contributed by atoms with Gasteiger partial charge in [0.15, 0.2) is 0 Å². The van der Waals surface area contributed by atoms with Crippen molar-refractivity contribution in [1.29, 1.82) is 0 Å². The number of rotatable bonds is 6. The van der Waals surface area contributed by atoms with E-state index in [9.17, 15) is 9.59 Å². The quantitative estimate of drug-likeness (QED) is 0.706. The Balaban J connectivity index is 0.00000400. The molecule has 0 saturated carbocycles. The van der Waals surface area contributed by atoms with E-state index in [1.54, 1.807) is 24.3 Å². The molecule has 0 atom stereocenters. The van der Waals surface area contributed by atoms with E-state index in [0.717, 1.165) is 4.47 Å². The number of hydrogen-bond donors (Lipinski definition) is 3. The molecule has 0 heterocycles. The van der Waals surface area contributed by atoms with Crippen molar-refractivity contribution in [3.63, 3.8) is 0 Å². The summed E-state index contributed by atoms with van der Waals surface area (Å²) in [7, 11) is 0. The van der Waals surface area contributed by atoms with Crippen molar-refractivity contribution in [1.82, 2.24) is 10.6 Å². The summed E-state index contributed by atoms with van der Waals surface area (Å²) in [5.41, 5.74) is 5.67. The molecule has 0 radical (unpaired) electrons. The van der Waals surface area contributed by atoms with Gasteiger partial charge in [-0.05, 0) is 38.1 Å². The molecule has 0 fully saturated rings. The summed E-state index contributed by atoms with van der Waals surface area (Å²) in [6.45, 7) is 4.36. The van der Waals surface area contributed by atoms with E-state index in [4.69, 9.17) is 5.73 Å². The molecule has 0 saturated heterocycles. The third-order valence-corrected chi connectivity index (χ3v) is 3.26. The fourth-order valence-corrected chi connectivity index (χ4v) is 1.75. The molecule has 0 unspecified atom stereocenters. The third kappa shape index (κ3) is 7.45. The SMILES string of the molecule is CC(C)(CN)NC(=O)CCNC(=O)c1ccc(Br)cc1.Cl. The highest BCUT2D eigenvalue weighted by molar-refractivity contribution is 9.10. The minimum absolute atomic E-state index is 0. The number of amides is 2. The summed E-state index contributed by atoms with van der Waals surface area (Å²) in [6, 6.07) is 7.03. The van der Waals surface area contributed by atoms with Crippen LogP contribution in [-0.2, 0) is 4.79 Å². The van der Waals surface area contributed by atoms with Gasteiger partial charge in [0.1, 0.15) is 0 Å². The number of carbonyl (C=O) groups is 2. The molecule has 4 N–H and O–H groups in total. The minimum atomic E-state index is -0.424. The summed E-state index contributed by atoms with van der Waals surface area (Å²) >= 11 is 3.31. The average molecular weight is 379 g/mol. The molecule has 0 aliphatic heterocycles. The van der Waals surface area contributed by atoms with Gasteiger partial charge >= 0.3 is 0 Å². The summed E-state index contributed by atoms with van der Waals surface area (Å²) in [5, 5.41) is 5.51. The van der Waals surface area contributed by atoms with Crippen LogP contribution in [0.1, 0.15) is 30.6 Å². The maximum absolute atomic E-state index is 11.8. The second-order valence-electron chi connectivity index (χ2n) is 5.15. The zero-order valence-electron chi connectivity index (χ0n) is 12.1. The molecule has 5 nitrogen and oxygen atoms in total. The Morgan fingerprint density at radius 1 is 1.24 bits per heavy atom. The zero-order chi connectivity index (χ0) is 15.2. The van der Waals surface area contributed by atoms with Crippen molar-refractivity contribution in [2.45, 2.75) is 25.8 Å². The maximum Gasteiger partial charge on any atom is 0.251 e. The molecule has 0 aromatic heterocycles. The van der Waals surface area contributed by atoms with Gasteiger partial charge in [-0.1, -0.05) is 15.9 Å². The van der Waals surface area contributed by atoms with E-state index >= 15 is 0 Å². The third-order valence-electron chi connectivity index (χ3n) is 2.73. The number of nitrogens with two attached hydrogens (primary N) is 1. The van der Waals surface area contributed by atoms with Crippen LogP contribution >= 0.6 is 28.3 Å². The zero-order valence-corrected chi connectivity index (χ0v) is 14.5. The highest BCUT2D eigenvalue weighted by Crippen LogP contribution is 2.10. The summed E-state index contributed by atoms with van der Waals surface area (Å²) in [6.07, 6.45) is 0.228. The van der Waals surface area contributed by atoms with Crippen molar-refractivity contribution in [2.24, 2.45) is 5.73 Å². The first-order valence-electron chi connectivity index (χ1n) is 6.39. The molecular formula is C14H21BrClN3O2. The van der Waals surface area contributed by atoms with E-state index in [1.807, 2.05) is 13.8 Å². The number of nitrogens with one attached hydrogen (secondary N) is 2. The van der Waals surface area contributed by atoms with E-state index in [-0.39, 0.29) is 30.6 Å². The first-order chi connectivity index (χ1) is 9.34. The maximum atomic E-state index is 11.8. The lowest BCUT2D eigenvalue weighted by Crippen LogP contribution is -2.49. The Kier molecular flexibility index (Phi) is 8.54. The molecule has 1 rings (SSSR count). The Bertz CT molecular complexity index is 478. The Hall–Kier alpha value is -1.11. The van der Waals surface area contributed by atoms with Crippen LogP contribution in [0.3, 0.4) is 0 Å². The number of halogens is 2. The van der Waals surface area contributed by atoms with Gasteiger partial charge in [0.2, 0.25) is 5.91 Å². The highest BCUT2D eigenvalue weighted by Gasteiger charge is 2.17. The van der Waals surface area contributed by atoms with Gasteiger partial charge in [-0.15, -0.1) is 12.4 Å². The van der Waals surface area contributed by atoms with Gasteiger partial charge in [0.05, 0.1) is 0 Å². The molecule has 1 aromatic carbocycles. The van der Waals surface area contributed by atoms with Crippen LogP contribution in [0, 0.1) is 0 Å². The predicted octanol–water partition coefficient (Wildman–Crippen LogP) is 1.84. The van der Waals surface area contributed by atoms with Crippen LogP contribution in [0.5, 0.6) is 0 Å². The molecule has 2 amide bonds. The Morgan fingerprint density at radius 3 is 2.33 bits per heavy atom. The molecule has 1 aromatic rings. The lowest BCUT2D eigenvalue weighted by molar-refractivity contribution is -0.122. The monoisotopic (exact) mass is 377 g/mol. The van der Waals surface area contributed by atoms with Crippen LogP contribution in [0.4, 0.5) is 0 Å². The largest absolute Gasteiger partial charge is 0.352 e. The van der Waals surface area contributed by atoms with Gasteiger partial charge in [0.25, 0.3) is 5.91 Å². The lowest BCUT2D eigenvalue weighted by atomic mass is 10.1. The highest BCUT2D eigenvalue weighted by atomic mass is 79.9. The van der Waals surface area contributed by atoms with Crippen molar-refractivity contribution in [2.75, 3.05) is 13.1 Å². The normalized spacial score (nSPS) is 10.5. The summed E-state index contributed by atoms with van der Waals surface area (Å²) in [4.78, 5) is 23.5. The van der Waals surface area contributed by atoms with Gasteiger partial charge in [-0.2, -0.15) is 0 Å². The first-order valence-corrected chi connectivity index (χ1v) is 7.18. The van der Waals surface area contributed by atoms with Crippen molar-refractivity contribution >= 4 is 40.2 Å². The van der Waals surface area contributed by atoms with Crippen LogP contribution in [-0.4, -0.2) is 30.4 Å². The summed E-state index contributed by atoms with van der Waals surface area (Å²) < 4.78 is 0.914. The van der Waals surface area contributed by atoms with Crippen molar-refractivity contribution in [3.05, 3.63) is 34.3 Å². The van der Waals surface area contributed by atoms with Crippen LogP contribution in [0.2, 0.25) is 0 Å². The fraction of sp³-hybridized carbons (Fsp3) is 0.429. The molecule has 7 heteroatoms. The van der Waals surface area contributed by atoms with Gasteiger partial charge < -0.3 is 16.4 Å². The van der Waals surface area contributed by atoms with E-state index in [2.05, 4.69) is 26.6 Å². The Labute approximate surface area is 139 Å². The smallest absolute Gasteiger partial charge is 0.251 e. The van der Waals surface area contributed by atoms with Gasteiger partial charge in [0, 0.05) is 35.1 Å². The molecule has 118 valence electrons. The van der Waals surface area contributed by atoms with Crippen LogP contribution in [0.25, 0.3) is 0 Å². The van der Waals surface area contributed by atoms with E-state index in [0.29, 0.717) is 18.7 Å². The van der Waals surface area contributed by atoms with Crippen molar-refractivity contribution < 1.29 is 9.59 Å². The number of benzene rings is 1. The molecular weight excluding hydrogens is 358 g/mol. The topological polar surface area (TPSA) is 84.2 Å². The second kappa shape index (κ2) is 9.02. The van der Waals surface area contributed by atoms with E-state index in [1.165, 1.54) is 0 Å². The predicted molar refractivity (Wildman–Crippen MR) is 89.6 cm³/mol. The van der Waals surface area contributed by atoms with Gasteiger partial charge in [-0.3, -0.25) is 9.59 Å². The molecule has 0 aliphatic rings. The molecule has 0 spiro atoms. The molecule has 0 aliphatic carbocycles. The van der Waals surface area contributed by atoms with E-state index < -0.39 is 5.54 Å². The summed E-state index contributed by atoms with van der Waals surface area (Å²) in [5.74, 6) is -0.319. The number of hydrogen-bond acceptors (Lipinski definition) is 3. The van der Waals surface area contributed by atoms with Gasteiger partial charge in [-0.25, -0.2) is 0 Å². The lowest BCUT2D eigenvalue weighted by Gasteiger charge is -2.24. The first kappa shape index (κ1) is 19.9. The van der Waals surface area contributed by atoms with Crippen LogP contribution < -0.4 is 16.4 Å². The Morgan fingerprint density at radius 2 is 1.81 bits per heavy atom. The minimum Gasteiger partial charge on any atom is -0.352 e. The van der Waals surface area contributed by atoms with Crippen molar-refractivity contribution in [3.8, 4) is 0 Å². The number of carbonyl (C=O) groups excluding carboxylic acids is 2. The molecule has 0 bridgehead atoms. The average Bonchev–Trinajstić information content (AvgIpc) is 2.38. The van der Waals surface area contributed by atoms with Crippen LogP contribution in [0.15, 0.2) is 28.7 Å². The standard InChI is InChI=1S/C14H20BrN3O2.ClH/c1-14(2,9-16)18-12(19)7-8-17-13(20)10-3-5-11(15)6-4-10;/h3-6H,7-9,16H2,1-2H3,(H,17,20)(H,18,19);1H. The molecule has 21 heavy (non-hydrogen) atoms. The second-order valence-corrected chi connectivity index (χ2v) is 6.06.